The van der Waals surface area contributed by atoms with Crippen molar-refractivity contribution < 1.29 is 9.53 Å². The van der Waals surface area contributed by atoms with Gasteiger partial charge in [-0.25, -0.2) is 4.79 Å². The standard InChI is InChI=1S/C17H20N2O2S/c1-19(2)11-13-6-4-5-7-15(13)22-16-9-8-12(10-14(16)18)17(20)21-3/h4-10H,11,18H2,1-3H3. The Balaban J connectivity index is 2.26. The molecule has 4 nitrogen and oxygen atoms in total. The van der Waals surface area contributed by atoms with Gasteiger partial charge in [-0.1, -0.05) is 30.0 Å². The molecule has 0 fully saturated rings. The van der Waals surface area contributed by atoms with Gasteiger partial charge >= 0.3 is 5.97 Å². The molecule has 0 saturated carbocycles. The first-order chi connectivity index (χ1) is 10.5. The number of hydrogen-bond donors (Lipinski definition) is 1. The summed E-state index contributed by atoms with van der Waals surface area (Å²) in [7, 11) is 5.45. The summed E-state index contributed by atoms with van der Waals surface area (Å²) in [5, 5.41) is 0. The van der Waals surface area contributed by atoms with Crippen LogP contribution < -0.4 is 5.73 Å². The third-order valence-corrected chi connectivity index (χ3v) is 4.32. The lowest BCUT2D eigenvalue weighted by Gasteiger charge is -2.14. The lowest BCUT2D eigenvalue weighted by molar-refractivity contribution is 0.0600. The molecule has 0 bridgehead atoms. The van der Waals surface area contributed by atoms with Crippen LogP contribution in [0, 0.1) is 0 Å². The van der Waals surface area contributed by atoms with Gasteiger partial charge in [-0.3, -0.25) is 0 Å². The van der Waals surface area contributed by atoms with Gasteiger partial charge in [0.05, 0.1) is 12.7 Å². The molecule has 2 rings (SSSR count). The van der Waals surface area contributed by atoms with Crippen molar-refractivity contribution in [3.8, 4) is 0 Å². The Bertz CT molecular complexity index is 671. The number of ether oxygens (including phenoxy) is 1. The third-order valence-electron chi connectivity index (χ3n) is 3.11. The molecular formula is C17H20N2O2S. The normalized spacial score (nSPS) is 10.7. The molecular weight excluding hydrogens is 296 g/mol. The zero-order valence-electron chi connectivity index (χ0n) is 13.0. The molecule has 0 amide bonds. The second kappa shape index (κ2) is 7.33. The Morgan fingerprint density at radius 2 is 1.91 bits per heavy atom. The molecule has 5 heteroatoms. The van der Waals surface area contributed by atoms with Gasteiger partial charge < -0.3 is 15.4 Å². The molecule has 2 N–H and O–H groups in total. The first-order valence-electron chi connectivity index (χ1n) is 6.89. The number of rotatable bonds is 5. The Morgan fingerprint density at radius 3 is 2.55 bits per heavy atom. The number of nitrogens with two attached hydrogens (primary N) is 1. The summed E-state index contributed by atoms with van der Waals surface area (Å²) in [4.78, 5) is 15.7. The number of benzene rings is 2. The Morgan fingerprint density at radius 1 is 1.18 bits per heavy atom. The van der Waals surface area contributed by atoms with E-state index in [9.17, 15) is 4.79 Å². The summed E-state index contributed by atoms with van der Waals surface area (Å²) >= 11 is 1.61. The highest BCUT2D eigenvalue weighted by Crippen LogP contribution is 2.35. The maximum atomic E-state index is 11.5. The maximum Gasteiger partial charge on any atom is 0.337 e. The van der Waals surface area contributed by atoms with E-state index in [0.29, 0.717) is 11.3 Å². The van der Waals surface area contributed by atoms with E-state index in [0.717, 1.165) is 16.3 Å². The monoisotopic (exact) mass is 316 g/mol. The van der Waals surface area contributed by atoms with Crippen LogP contribution in [0.15, 0.2) is 52.3 Å². The summed E-state index contributed by atoms with van der Waals surface area (Å²) in [5.74, 6) is -0.378. The molecule has 2 aromatic rings. The van der Waals surface area contributed by atoms with Crippen LogP contribution in [0.3, 0.4) is 0 Å². The van der Waals surface area contributed by atoms with Crippen molar-refractivity contribution in [2.75, 3.05) is 26.9 Å². The van der Waals surface area contributed by atoms with Gasteiger partial charge in [0.1, 0.15) is 0 Å². The summed E-state index contributed by atoms with van der Waals surface area (Å²) in [6, 6.07) is 13.5. The van der Waals surface area contributed by atoms with Crippen LogP contribution in [0.1, 0.15) is 15.9 Å². The minimum atomic E-state index is -0.378. The second-order valence-electron chi connectivity index (χ2n) is 5.19. The van der Waals surface area contributed by atoms with E-state index in [1.807, 2.05) is 32.3 Å². The fourth-order valence-corrected chi connectivity index (χ4v) is 3.04. The van der Waals surface area contributed by atoms with E-state index in [-0.39, 0.29) is 5.97 Å². The number of carbonyl (C=O) groups excluding carboxylic acids is 1. The molecule has 0 aromatic heterocycles. The minimum absolute atomic E-state index is 0.378. The van der Waals surface area contributed by atoms with E-state index in [4.69, 9.17) is 10.5 Å². The highest BCUT2D eigenvalue weighted by molar-refractivity contribution is 7.99. The lowest BCUT2D eigenvalue weighted by atomic mass is 10.2. The molecule has 0 heterocycles. The molecule has 116 valence electrons. The first-order valence-corrected chi connectivity index (χ1v) is 7.71. The van der Waals surface area contributed by atoms with Gasteiger partial charge in [0.25, 0.3) is 0 Å². The summed E-state index contributed by atoms with van der Waals surface area (Å²) in [5.41, 5.74) is 8.36. The van der Waals surface area contributed by atoms with Crippen LogP contribution in [0.25, 0.3) is 0 Å². The van der Waals surface area contributed by atoms with E-state index in [1.54, 1.807) is 23.9 Å². The van der Waals surface area contributed by atoms with Crippen LogP contribution in [0.5, 0.6) is 0 Å². The SMILES string of the molecule is COC(=O)c1ccc(Sc2ccccc2CN(C)C)c(N)c1. The van der Waals surface area contributed by atoms with Gasteiger partial charge in [-0.05, 0) is 43.9 Å². The van der Waals surface area contributed by atoms with Crippen molar-refractivity contribution in [1.82, 2.24) is 4.90 Å². The Labute approximate surface area is 135 Å². The number of anilines is 1. The first kappa shape index (κ1) is 16.4. The molecule has 0 radical (unpaired) electrons. The maximum absolute atomic E-state index is 11.5. The van der Waals surface area contributed by atoms with Crippen molar-refractivity contribution in [1.29, 1.82) is 0 Å². The summed E-state index contributed by atoms with van der Waals surface area (Å²) in [6.45, 7) is 0.864. The minimum Gasteiger partial charge on any atom is -0.465 e. The van der Waals surface area contributed by atoms with Crippen molar-refractivity contribution in [2.45, 2.75) is 16.3 Å². The molecule has 22 heavy (non-hydrogen) atoms. The van der Waals surface area contributed by atoms with E-state index < -0.39 is 0 Å². The number of carbonyl (C=O) groups is 1. The third kappa shape index (κ3) is 4.02. The zero-order chi connectivity index (χ0) is 16.1. The smallest absolute Gasteiger partial charge is 0.337 e. The van der Waals surface area contributed by atoms with Gasteiger partial charge in [0, 0.05) is 22.0 Å². The van der Waals surface area contributed by atoms with Gasteiger partial charge in [-0.15, -0.1) is 0 Å². The molecule has 2 aromatic carbocycles. The Hall–Kier alpha value is -1.98. The largest absolute Gasteiger partial charge is 0.465 e. The van der Waals surface area contributed by atoms with Crippen LogP contribution >= 0.6 is 11.8 Å². The summed E-state index contributed by atoms with van der Waals surface area (Å²) in [6.07, 6.45) is 0. The quantitative estimate of drug-likeness (QED) is 0.678. The topological polar surface area (TPSA) is 55.6 Å². The number of nitrogen functional groups attached to an aromatic ring is 1. The van der Waals surface area contributed by atoms with Crippen molar-refractivity contribution in [2.24, 2.45) is 0 Å². The second-order valence-corrected chi connectivity index (χ2v) is 6.28. The van der Waals surface area contributed by atoms with Gasteiger partial charge in [-0.2, -0.15) is 0 Å². The van der Waals surface area contributed by atoms with E-state index >= 15 is 0 Å². The molecule has 0 aliphatic carbocycles. The predicted octanol–water partition coefficient (Wildman–Crippen LogP) is 3.27. The Kier molecular flexibility index (Phi) is 5.46. The molecule has 0 atom stereocenters. The van der Waals surface area contributed by atoms with E-state index in [1.165, 1.54) is 12.7 Å². The van der Waals surface area contributed by atoms with Crippen molar-refractivity contribution in [3.05, 3.63) is 53.6 Å². The number of hydrogen-bond acceptors (Lipinski definition) is 5. The average molecular weight is 316 g/mol. The molecule has 0 saturated heterocycles. The predicted molar refractivity (Wildman–Crippen MR) is 90.1 cm³/mol. The lowest BCUT2D eigenvalue weighted by Crippen LogP contribution is -2.11. The zero-order valence-corrected chi connectivity index (χ0v) is 13.8. The van der Waals surface area contributed by atoms with Crippen LogP contribution in [0.4, 0.5) is 5.69 Å². The molecule has 0 unspecified atom stereocenters. The highest BCUT2D eigenvalue weighted by Gasteiger charge is 2.11. The summed E-state index contributed by atoms with van der Waals surface area (Å²) < 4.78 is 4.71. The molecule has 0 spiro atoms. The fraction of sp³-hybridized carbons (Fsp3) is 0.235. The van der Waals surface area contributed by atoms with Gasteiger partial charge in [0.2, 0.25) is 0 Å². The van der Waals surface area contributed by atoms with Crippen LogP contribution in [-0.2, 0) is 11.3 Å². The van der Waals surface area contributed by atoms with Crippen molar-refractivity contribution >= 4 is 23.4 Å². The average Bonchev–Trinajstić information content (AvgIpc) is 2.49. The number of methoxy groups -OCH3 is 1. The van der Waals surface area contributed by atoms with E-state index in [2.05, 4.69) is 17.0 Å². The van der Waals surface area contributed by atoms with Crippen molar-refractivity contribution in [3.63, 3.8) is 0 Å². The fourth-order valence-electron chi connectivity index (χ4n) is 2.08. The van der Waals surface area contributed by atoms with Crippen LogP contribution in [-0.4, -0.2) is 32.1 Å². The molecule has 0 aliphatic heterocycles. The number of esters is 1. The van der Waals surface area contributed by atoms with Crippen LogP contribution in [0.2, 0.25) is 0 Å². The molecule has 0 aliphatic rings. The van der Waals surface area contributed by atoms with Gasteiger partial charge in [0.15, 0.2) is 0 Å². The highest BCUT2D eigenvalue weighted by atomic mass is 32.2. The number of nitrogens with zero attached hydrogens (tertiary/aromatic N) is 1.